The normalized spacial score (nSPS) is 11.9. The first-order chi connectivity index (χ1) is 33.7. The molecular formula is C66H60N2O. The highest BCUT2D eigenvalue weighted by molar-refractivity contribution is 5.83. The van der Waals surface area contributed by atoms with Crippen LogP contribution in [0.3, 0.4) is 0 Å². The van der Waals surface area contributed by atoms with Gasteiger partial charge in [0, 0.05) is 34.1 Å². The van der Waals surface area contributed by atoms with Gasteiger partial charge < -0.3 is 14.5 Å². The molecule has 0 aliphatic heterocycles. The molecule has 8 aromatic carbocycles. The lowest BCUT2D eigenvalue weighted by Gasteiger charge is -2.28. The van der Waals surface area contributed by atoms with Crippen LogP contribution in [0, 0.1) is 34.6 Å². The third kappa shape index (κ3) is 12.5. The molecule has 8 rings (SSSR count). The lowest BCUT2D eigenvalue weighted by atomic mass is 10.0. The Labute approximate surface area is 410 Å². The van der Waals surface area contributed by atoms with Crippen molar-refractivity contribution in [1.82, 2.24) is 0 Å². The zero-order chi connectivity index (χ0) is 48.0. The third-order valence-electron chi connectivity index (χ3n) is 12.1. The first kappa shape index (κ1) is 47.1. The quantitative estimate of drug-likeness (QED) is 0.0899. The molecule has 0 aliphatic rings. The third-order valence-corrected chi connectivity index (χ3v) is 12.1. The van der Waals surface area contributed by atoms with Gasteiger partial charge in [-0.3, -0.25) is 0 Å². The molecule has 0 radical (unpaired) electrons. The molecule has 340 valence electrons. The van der Waals surface area contributed by atoms with Gasteiger partial charge in [-0.05, 0) is 152 Å². The van der Waals surface area contributed by atoms with E-state index in [1.165, 1.54) is 33.4 Å². The van der Waals surface area contributed by atoms with Crippen LogP contribution in [0.4, 0.5) is 34.1 Å². The van der Waals surface area contributed by atoms with Crippen molar-refractivity contribution in [1.29, 1.82) is 0 Å². The summed E-state index contributed by atoms with van der Waals surface area (Å²) in [5.41, 5.74) is 19.9. The van der Waals surface area contributed by atoms with Crippen molar-refractivity contribution in [3.63, 3.8) is 0 Å². The van der Waals surface area contributed by atoms with Crippen LogP contribution in [0.2, 0.25) is 0 Å². The molecule has 69 heavy (non-hydrogen) atoms. The van der Waals surface area contributed by atoms with E-state index in [1.54, 1.807) is 7.11 Å². The van der Waals surface area contributed by atoms with Crippen molar-refractivity contribution in [2.24, 2.45) is 0 Å². The summed E-state index contributed by atoms with van der Waals surface area (Å²) < 4.78 is 5.26. The predicted octanol–water partition coefficient (Wildman–Crippen LogP) is 18.4. The molecule has 0 aromatic heterocycles. The van der Waals surface area contributed by atoms with E-state index < -0.39 is 0 Å². The van der Waals surface area contributed by atoms with E-state index in [9.17, 15) is 0 Å². The van der Waals surface area contributed by atoms with Gasteiger partial charge in [0.05, 0.1) is 7.11 Å². The van der Waals surface area contributed by atoms with Crippen LogP contribution < -0.4 is 14.5 Å². The Morgan fingerprint density at radius 1 is 0.304 bits per heavy atom. The van der Waals surface area contributed by atoms with Crippen molar-refractivity contribution in [3.05, 3.63) is 281 Å². The van der Waals surface area contributed by atoms with Crippen LogP contribution in [-0.2, 0) is 0 Å². The van der Waals surface area contributed by atoms with E-state index >= 15 is 0 Å². The highest BCUT2D eigenvalue weighted by Crippen LogP contribution is 2.40. The van der Waals surface area contributed by atoms with E-state index in [4.69, 9.17) is 4.74 Å². The molecule has 0 heterocycles. The molecule has 0 spiro atoms. The van der Waals surface area contributed by atoms with Crippen LogP contribution in [0.5, 0.6) is 5.75 Å². The highest BCUT2D eigenvalue weighted by Gasteiger charge is 2.17. The average molecular weight is 897 g/mol. The number of hydrogen-bond donors (Lipinski definition) is 0. The summed E-state index contributed by atoms with van der Waals surface area (Å²) in [4.78, 5) is 4.71. The average Bonchev–Trinajstić information content (AvgIpc) is 3.37. The van der Waals surface area contributed by atoms with E-state index in [0.29, 0.717) is 0 Å². The Balaban J connectivity index is 0.986. The summed E-state index contributed by atoms with van der Waals surface area (Å²) in [6, 6.07) is 65.4. The van der Waals surface area contributed by atoms with Crippen LogP contribution >= 0.6 is 0 Å². The van der Waals surface area contributed by atoms with Crippen molar-refractivity contribution in [2.75, 3.05) is 16.9 Å². The maximum Gasteiger partial charge on any atom is 0.118 e. The topological polar surface area (TPSA) is 15.7 Å². The summed E-state index contributed by atoms with van der Waals surface area (Å²) in [7, 11) is 1.68. The minimum absolute atomic E-state index is 0.858. The van der Waals surface area contributed by atoms with Gasteiger partial charge in [0.25, 0.3) is 0 Å². The maximum atomic E-state index is 5.26. The summed E-state index contributed by atoms with van der Waals surface area (Å²) in [5, 5.41) is 0. The number of aryl methyl sites for hydroxylation is 5. The number of hydrogen-bond acceptors (Lipinski definition) is 3. The Hall–Kier alpha value is -8.40. The fraction of sp³-hybridized carbons (Fsp3) is 0.0909. The molecule has 0 N–H and O–H groups in total. The van der Waals surface area contributed by atoms with E-state index in [0.717, 1.165) is 67.7 Å². The number of nitrogens with zero attached hydrogens (tertiary/aromatic N) is 2. The van der Waals surface area contributed by atoms with Crippen LogP contribution in [-0.4, -0.2) is 7.11 Å². The van der Waals surface area contributed by atoms with Crippen molar-refractivity contribution < 1.29 is 4.74 Å². The molecule has 3 heteroatoms. The Kier molecular flexibility index (Phi) is 15.6. The fourth-order valence-electron chi connectivity index (χ4n) is 8.36. The molecular weight excluding hydrogens is 837 g/mol. The molecule has 0 fully saturated rings. The Morgan fingerprint density at radius 2 is 0.594 bits per heavy atom. The van der Waals surface area contributed by atoms with Crippen LogP contribution in [0.15, 0.2) is 231 Å². The van der Waals surface area contributed by atoms with E-state index in [2.05, 4.69) is 263 Å². The second-order valence-electron chi connectivity index (χ2n) is 17.4. The van der Waals surface area contributed by atoms with Gasteiger partial charge in [-0.1, -0.05) is 199 Å². The fourth-order valence-corrected chi connectivity index (χ4v) is 8.36. The van der Waals surface area contributed by atoms with Gasteiger partial charge in [0.15, 0.2) is 0 Å². The van der Waals surface area contributed by atoms with E-state index in [1.807, 2.05) is 36.4 Å². The minimum Gasteiger partial charge on any atom is -0.497 e. The second kappa shape index (κ2) is 22.9. The molecule has 8 aromatic rings. The molecule has 0 atom stereocenters. The first-order valence-corrected chi connectivity index (χ1v) is 23.6. The number of anilines is 6. The Morgan fingerprint density at radius 3 is 0.913 bits per heavy atom. The lowest BCUT2D eigenvalue weighted by Crippen LogP contribution is -2.11. The van der Waals surface area contributed by atoms with Gasteiger partial charge in [-0.2, -0.15) is 0 Å². The molecule has 0 unspecified atom stereocenters. The van der Waals surface area contributed by atoms with Crippen molar-refractivity contribution >= 4 is 58.4 Å². The monoisotopic (exact) mass is 896 g/mol. The molecule has 3 nitrogen and oxygen atoms in total. The summed E-state index contributed by atoms with van der Waals surface area (Å²) in [6.45, 7) is 10.8. The standard InChI is InChI=1S/C66H60N2O/c1-49-19-23-54(24-20-49)15-11-7-8-12-16-55-25-35-60(36-26-55)67(65-45-21-50(2)47-52(65)4)62-39-31-58(32-40-62)59-33-41-63(42-34-59)68(66-46-22-51(3)48-53(66)5)61-37-27-56(28-38-61)17-13-9-10-14-18-57-29-43-64(69-6)44-30-57/h7-48H,1-6H3. The molecule has 0 saturated carbocycles. The van der Waals surface area contributed by atoms with Gasteiger partial charge in [0.1, 0.15) is 5.75 Å². The molecule has 0 amide bonds. The van der Waals surface area contributed by atoms with Crippen molar-refractivity contribution in [2.45, 2.75) is 34.6 Å². The minimum atomic E-state index is 0.858. The lowest BCUT2D eigenvalue weighted by molar-refractivity contribution is 0.415. The SMILES string of the molecule is COc1ccc(C=CC=CC=Cc2ccc(N(c3ccc(-c4ccc(N(c5ccc(C=CC=CC=Cc6ccc(C)cc6)cc5)c5ccc(C)cc5C)cc4)cc3)c3ccc(C)cc3C)cc2)cc1. The van der Waals surface area contributed by atoms with E-state index in [-0.39, 0.29) is 0 Å². The highest BCUT2D eigenvalue weighted by atomic mass is 16.5. The van der Waals surface area contributed by atoms with Gasteiger partial charge >= 0.3 is 0 Å². The molecule has 0 aliphatic carbocycles. The number of benzene rings is 8. The molecule has 0 bridgehead atoms. The maximum absolute atomic E-state index is 5.26. The van der Waals surface area contributed by atoms with Crippen molar-refractivity contribution in [3.8, 4) is 16.9 Å². The van der Waals surface area contributed by atoms with Gasteiger partial charge in [-0.25, -0.2) is 0 Å². The number of allylic oxidation sites excluding steroid dienone is 8. The second-order valence-corrected chi connectivity index (χ2v) is 17.4. The number of ether oxygens (including phenoxy) is 1. The first-order valence-electron chi connectivity index (χ1n) is 23.6. The zero-order valence-corrected chi connectivity index (χ0v) is 40.6. The largest absolute Gasteiger partial charge is 0.497 e. The van der Waals surface area contributed by atoms with Crippen LogP contribution in [0.1, 0.15) is 50.1 Å². The smallest absolute Gasteiger partial charge is 0.118 e. The summed E-state index contributed by atoms with van der Waals surface area (Å²) >= 11 is 0. The number of rotatable bonds is 16. The summed E-state index contributed by atoms with van der Waals surface area (Å²) in [6.07, 6.45) is 25.0. The Bertz CT molecular complexity index is 3130. The van der Waals surface area contributed by atoms with Crippen LogP contribution in [0.25, 0.3) is 35.4 Å². The zero-order valence-electron chi connectivity index (χ0n) is 40.6. The molecule has 0 saturated heterocycles. The summed E-state index contributed by atoms with van der Waals surface area (Å²) in [5.74, 6) is 0.858. The predicted molar refractivity (Wildman–Crippen MR) is 299 cm³/mol. The van der Waals surface area contributed by atoms with Gasteiger partial charge in [0.2, 0.25) is 0 Å². The number of methoxy groups -OCH3 is 1. The van der Waals surface area contributed by atoms with Gasteiger partial charge in [-0.15, -0.1) is 0 Å².